The van der Waals surface area contributed by atoms with E-state index < -0.39 is 34.0 Å². The van der Waals surface area contributed by atoms with Crippen molar-refractivity contribution in [1.82, 2.24) is 0 Å². The molecule has 0 aromatic heterocycles. The average Bonchev–Trinajstić information content (AvgIpc) is 2.86. The molecule has 0 aliphatic rings. The van der Waals surface area contributed by atoms with Crippen LogP contribution in [0.5, 0.6) is 5.75 Å². The van der Waals surface area contributed by atoms with E-state index in [-0.39, 0.29) is 23.7 Å². The number of nitrogens with two attached hydrogens (primary N) is 1. The van der Waals surface area contributed by atoms with Crippen LogP contribution in [0.15, 0.2) is 83.8 Å². The molecule has 2 unspecified atom stereocenters. The van der Waals surface area contributed by atoms with E-state index in [9.17, 15) is 18.0 Å². The number of benzene rings is 3. The molecular weight excluding hydrogens is 470 g/mol. The number of aryl methyl sites for hydroxylation is 1. The first-order chi connectivity index (χ1) is 16.7. The molecule has 0 radical (unpaired) electrons. The van der Waals surface area contributed by atoms with Crippen molar-refractivity contribution in [3.8, 4) is 5.75 Å². The molecule has 0 aliphatic heterocycles. The van der Waals surface area contributed by atoms with Crippen LogP contribution in [0, 0.1) is 6.92 Å². The zero-order valence-electron chi connectivity index (χ0n) is 19.4. The lowest BCUT2D eigenvalue weighted by Crippen LogP contribution is -2.39. The maximum Gasteiger partial charge on any atom is 0.339 e. The summed E-state index contributed by atoms with van der Waals surface area (Å²) in [6, 6.07) is 20.2. The molecule has 2 N–H and O–H groups in total. The van der Waals surface area contributed by atoms with Crippen molar-refractivity contribution in [3.63, 3.8) is 0 Å². The van der Waals surface area contributed by atoms with Crippen molar-refractivity contribution in [1.29, 1.82) is 0 Å². The van der Waals surface area contributed by atoms with Crippen molar-refractivity contribution in [2.45, 2.75) is 36.8 Å². The van der Waals surface area contributed by atoms with E-state index in [1.165, 1.54) is 31.4 Å². The van der Waals surface area contributed by atoms with Gasteiger partial charge in [-0.1, -0.05) is 60.2 Å². The Balaban J connectivity index is 1.75. The molecular formula is C26H27NO7S. The molecule has 0 bridgehead atoms. The number of carbonyl (C=O) groups excluding carboxylic acids is 2. The topological polar surface area (TPSA) is 122 Å². The Morgan fingerprint density at radius 3 is 2.14 bits per heavy atom. The molecule has 184 valence electrons. The quantitative estimate of drug-likeness (QED) is 0.334. The standard InChI is InChI=1S/C26H27NO7S/c1-18-8-14-22(15-9-18)35(30,31)34-21-12-10-20(11-13-21)23(16-24(28)32-2)25(27)26(29)33-17-19-6-4-3-5-7-19/h3-15,23,25H,16-17,27H2,1-2H3. The Labute approximate surface area is 204 Å². The summed E-state index contributed by atoms with van der Waals surface area (Å²) in [5.41, 5.74) is 8.43. The van der Waals surface area contributed by atoms with Gasteiger partial charge in [-0.3, -0.25) is 9.59 Å². The van der Waals surface area contributed by atoms with Crippen LogP contribution in [0.25, 0.3) is 0 Å². The number of hydrogen-bond donors (Lipinski definition) is 1. The number of methoxy groups -OCH3 is 1. The number of rotatable bonds is 10. The van der Waals surface area contributed by atoms with Crippen LogP contribution in [-0.4, -0.2) is 33.5 Å². The molecule has 0 saturated carbocycles. The highest BCUT2D eigenvalue weighted by Gasteiger charge is 2.30. The van der Waals surface area contributed by atoms with Crippen LogP contribution in [-0.2, 0) is 35.8 Å². The first kappa shape index (κ1) is 25.9. The average molecular weight is 498 g/mol. The highest BCUT2D eigenvalue weighted by Crippen LogP contribution is 2.27. The maximum absolute atomic E-state index is 12.6. The molecule has 3 aromatic carbocycles. The molecule has 0 heterocycles. The third-order valence-corrected chi connectivity index (χ3v) is 6.63. The summed E-state index contributed by atoms with van der Waals surface area (Å²) in [7, 11) is -2.78. The number of carbonyl (C=O) groups is 2. The smallest absolute Gasteiger partial charge is 0.339 e. The fourth-order valence-electron chi connectivity index (χ4n) is 3.35. The van der Waals surface area contributed by atoms with Crippen molar-refractivity contribution < 1.29 is 31.7 Å². The highest BCUT2D eigenvalue weighted by molar-refractivity contribution is 7.87. The van der Waals surface area contributed by atoms with Gasteiger partial charge >= 0.3 is 22.1 Å². The lowest BCUT2D eigenvalue weighted by atomic mass is 9.89. The van der Waals surface area contributed by atoms with E-state index in [0.29, 0.717) is 5.56 Å². The summed E-state index contributed by atoms with van der Waals surface area (Å²) in [4.78, 5) is 24.7. The fourth-order valence-corrected chi connectivity index (χ4v) is 4.28. The first-order valence-electron chi connectivity index (χ1n) is 10.8. The van der Waals surface area contributed by atoms with Crippen LogP contribution in [0.1, 0.15) is 29.0 Å². The third kappa shape index (κ3) is 7.14. The number of ether oxygens (including phenoxy) is 2. The third-order valence-electron chi connectivity index (χ3n) is 5.37. The van der Waals surface area contributed by atoms with E-state index in [1.54, 1.807) is 24.3 Å². The van der Waals surface area contributed by atoms with Gasteiger partial charge in [0.25, 0.3) is 0 Å². The lowest BCUT2D eigenvalue weighted by Gasteiger charge is -2.22. The van der Waals surface area contributed by atoms with Crippen LogP contribution in [0.4, 0.5) is 0 Å². The zero-order chi connectivity index (χ0) is 25.4. The molecule has 8 nitrogen and oxygen atoms in total. The number of esters is 2. The largest absolute Gasteiger partial charge is 0.469 e. The van der Waals surface area contributed by atoms with Crippen molar-refractivity contribution >= 4 is 22.1 Å². The minimum Gasteiger partial charge on any atom is -0.469 e. The SMILES string of the molecule is COC(=O)CC(c1ccc(OS(=O)(=O)c2ccc(C)cc2)cc1)C(N)C(=O)OCc1ccccc1. The Morgan fingerprint density at radius 2 is 1.54 bits per heavy atom. The second-order valence-corrected chi connectivity index (χ2v) is 9.47. The minimum atomic E-state index is -4.02. The number of hydrogen-bond acceptors (Lipinski definition) is 8. The summed E-state index contributed by atoms with van der Waals surface area (Å²) >= 11 is 0. The molecule has 3 aromatic rings. The molecule has 0 spiro atoms. The lowest BCUT2D eigenvalue weighted by molar-refractivity contribution is -0.148. The van der Waals surface area contributed by atoms with Gasteiger partial charge in [-0.2, -0.15) is 8.42 Å². The van der Waals surface area contributed by atoms with Gasteiger partial charge in [0, 0.05) is 5.92 Å². The van der Waals surface area contributed by atoms with Crippen LogP contribution < -0.4 is 9.92 Å². The Kier molecular flexibility index (Phi) is 8.62. The fraction of sp³-hybridized carbons (Fsp3) is 0.231. The second-order valence-electron chi connectivity index (χ2n) is 7.93. The molecule has 35 heavy (non-hydrogen) atoms. The predicted octanol–water partition coefficient (Wildman–Crippen LogP) is 3.48. The Morgan fingerprint density at radius 1 is 0.914 bits per heavy atom. The van der Waals surface area contributed by atoms with E-state index in [1.807, 2.05) is 37.3 Å². The van der Waals surface area contributed by atoms with Gasteiger partial charge in [-0.15, -0.1) is 0 Å². The van der Waals surface area contributed by atoms with E-state index in [4.69, 9.17) is 19.4 Å². The van der Waals surface area contributed by atoms with Gasteiger partial charge in [-0.25, -0.2) is 0 Å². The summed E-state index contributed by atoms with van der Waals surface area (Å²) < 4.78 is 40.4. The normalized spacial score (nSPS) is 12.9. The molecule has 0 aliphatic carbocycles. The zero-order valence-corrected chi connectivity index (χ0v) is 20.2. The first-order valence-corrected chi connectivity index (χ1v) is 12.2. The summed E-state index contributed by atoms with van der Waals surface area (Å²) in [6.07, 6.45) is -0.167. The summed E-state index contributed by atoms with van der Waals surface area (Å²) in [6.45, 7) is 1.89. The van der Waals surface area contributed by atoms with Crippen molar-refractivity contribution in [3.05, 3.63) is 95.6 Å². The molecule has 3 rings (SSSR count). The predicted molar refractivity (Wildman–Crippen MR) is 129 cm³/mol. The molecule has 9 heteroatoms. The van der Waals surface area contributed by atoms with Gasteiger partial charge in [0.1, 0.15) is 23.3 Å². The highest BCUT2D eigenvalue weighted by atomic mass is 32.2. The van der Waals surface area contributed by atoms with Gasteiger partial charge < -0.3 is 19.4 Å². The van der Waals surface area contributed by atoms with E-state index >= 15 is 0 Å². The molecule has 0 amide bonds. The van der Waals surface area contributed by atoms with Crippen molar-refractivity contribution in [2.75, 3.05) is 7.11 Å². The second kappa shape index (κ2) is 11.6. The monoisotopic (exact) mass is 497 g/mol. The van der Waals surface area contributed by atoms with Gasteiger partial charge in [0.2, 0.25) is 0 Å². The Hall–Kier alpha value is -3.69. The summed E-state index contributed by atoms with van der Waals surface area (Å²) in [5.74, 6) is -1.91. The van der Waals surface area contributed by atoms with E-state index in [0.717, 1.165) is 11.1 Å². The van der Waals surface area contributed by atoms with Crippen LogP contribution >= 0.6 is 0 Å². The molecule has 0 fully saturated rings. The Bertz CT molecular complexity index is 1240. The van der Waals surface area contributed by atoms with Gasteiger partial charge in [0.15, 0.2) is 0 Å². The van der Waals surface area contributed by atoms with Gasteiger partial charge in [-0.05, 0) is 42.3 Å². The van der Waals surface area contributed by atoms with E-state index in [2.05, 4.69) is 0 Å². The van der Waals surface area contributed by atoms with Crippen LogP contribution in [0.3, 0.4) is 0 Å². The molecule has 0 saturated heterocycles. The minimum absolute atomic E-state index is 0.0268. The summed E-state index contributed by atoms with van der Waals surface area (Å²) in [5, 5.41) is 0. The van der Waals surface area contributed by atoms with Gasteiger partial charge in [0.05, 0.1) is 13.5 Å². The van der Waals surface area contributed by atoms with Crippen LogP contribution in [0.2, 0.25) is 0 Å². The maximum atomic E-state index is 12.6. The molecule has 2 atom stereocenters. The van der Waals surface area contributed by atoms with Crippen molar-refractivity contribution in [2.24, 2.45) is 5.73 Å².